The van der Waals surface area contributed by atoms with Gasteiger partial charge in [0, 0.05) is 18.5 Å². The Hall–Kier alpha value is -2.60. The van der Waals surface area contributed by atoms with E-state index in [1.165, 1.54) is 34.7 Å². The Morgan fingerprint density at radius 1 is 1.16 bits per heavy atom. The molecule has 1 fully saturated rings. The predicted octanol–water partition coefficient (Wildman–Crippen LogP) is 3.47. The van der Waals surface area contributed by atoms with Crippen molar-refractivity contribution in [1.82, 2.24) is 14.9 Å². The molecular weight excluding hydrogens is 448 g/mol. The van der Waals surface area contributed by atoms with Crippen LogP contribution in [0.3, 0.4) is 0 Å². The molecule has 3 aromatic rings. The third kappa shape index (κ3) is 4.69. The first kappa shape index (κ1) is 21.6. The number of thiazole rings is 2. The van der Waals surface area contributed by atoms with Gasteiger partial charge >= 0.3 is 5.97 Å². The Morgan fingerprint density at radius 3 is 2.35 bits per heavy atom. The van der Waals surface area contributed by atoms with E-state index in [0.717, 1.165) is 26.0 Å². The van der Waals surface area contributed by atoms with Gasteiger partial charge in [0.25, 0.3) is 5.92 Å². The number of rotatable bonds is 6. The fraction of sp³-hybridized carbons (Fsp3) is 0.474. The number of anilines is 2. The third-order valence-corrected chi connectivity index (χ3v) is 6.95. The van der Waals surface area contributed by atoms with Crippen LogP contribution in [-0.4, -0.2) is 66.0 Å². The number of esters is 1. The first-order valence-electron chi connectivity index (χ1n) is 9.66. The number of carbonyl (C=O) groups is 2. The van der Waals surface area contributed by atoms with Crippen molar-refractivity contribution in [3.63, 3.8) is 0 Å². The highest BCUT2D eigenvalue weighted by molar-refractivity contribution is 7.24. The molecule has 8 nitrogen and oxygen atoms in total. The van der Waals surface area contributed by atoms with Crippen molar-refractivity contribution in [1.29, 1.82) is 0 Å². The van der Waals surface area contributed by atoms with Gasteiger partial charge in [-0.05, 0) is 19.4 Å². The number of nitrogens with one attached hydrogen (secondary N) is 2. The summed E-state index contributed by atoms with van der Waals surface area (Å²) in [5.74, 6) is -3.55. The number of methoxy groups -OCH3 is 1. The highest BCUT2D eigenvalue weighted by atomic mass is 32.1. The van der Waals surface area contributed by atoms with Crippen molar-refractivity contribution >= 4 is 65.2 Å². The van der Waals surface area contributed by atoms with Crippen molar-refractivity contribution in [3.8, 4) is 0 Å². The average molecular weight is 470 g/mol. The van der Waals surface area contributed by atoms with Crippen LogP contribution in [0.15, 0.2) is 6.07 Å². The topological polar surface area (TPSA) is 96.5 Å². The van der Waals surface area contributed by atoms with Crippen molar-refractivity contribution in [2.45, 2.75) is 25.7 Å². The number of piperidine rings is 1. The third-order valence-electron chi connectivity index (χ3n) is 5.03. The Labute approximate surface area is 184 Å². The van der Waals surface area contributed by atoms with E-state index in [1.807, 2.05) is 13.0 Å². The van der Waals surface area contributed by atoms with Crippen LogP contribution in [0.5, 0.6) is 0 Å². The van der Waals surface area contributed by atoms with E-state index in [-0.39, 0.29) is 31.4 Å². The Balaban J connectivity index is 1.47. The second-order valence-corrected chi connectivity index (χ2v) is 9.35. The molecule has 4 rings (SSSR count). The number of carbonyl (C=O) groups excluding carboxylic acids is 2. The van der Waals surface area contributed by atoms with Crippen LogP contribution < -0.4 is 10.6 Å². The molecule has 1 aliphatic heterocycles. The minimum absolute atomic E-state index is 0.0348. The minimum Gasteiger partial charge on any atom is -0.468 e. The Bertz CT molecular complexity index is 1150. The fourth-order valence-corrected chi connectivity index (χ4v) is 5.44. The van der Waals surface area contributed by atoms with Gasteiger partial charge in [-0.1, -0.05) is 22.7 Å². The maximum absolute atomic E-state index is 13.5. The highest BCUT2D eigenvalue weighted by Crippen LogP contribution is 2.37. The van der Waals surface area contributed by atoms with Crippen LogP contribution in [0.25, 0.3) is 20.4 Å². The molecule has 1 amide bonds. The number of benzene rings is 1. The fourth-order valence-electron chi connectivity index (χ4n) is 3.44. The summed E-state index contributed by atoms with van der Waals surface area (Å²) in [4.78, 5) is 33.9. The summed E-state index contributed by atoms with van der Waals surface area (Å²) in [7, 11) is 1.33. The molecule has 0 spiro atoms. The second kappa shape index (κ2) is 8.50. The van der Waals surface area contributed by atoms with E-state index in [1.54, 1.807) is 0 Å². The van der Waals surface area contributed by atoms with Gasteiger partial charge in [-0.2, -0.15) is 0 Å². The number of alkyl halides is 2. The zero-order valence-electron chi connectivity index (χ0n) is 17.0. The number of hydrogen-bond donors (Lipinski definition) is 2. The van der Waals surface area contributed by atoms with Crippen molar-refractivity contribution < 1.29 is 23.1 Å². The Kier molecular flexibility index (Phi) is 5.93. The molecule has 3 heterocycles. The standard InChI is InChI=1S/C19H21F2N5O3S2/c1-10-15-11(6-12-16(10)25-18(31-12)23-8-14(28)29-2)30-17(24-15)22-7-13(27)26-5-3-4-19(20,21)9-26/h6H,3-5,7-9H2,1-2H3,(H,22,24)(H,23,25). The van der Waals surface area contributed by atoms with Crippen LogP contribution in [0.2, 0.25) is 0 Å². The first-order chi connectivity index (χ1) is 14.8. The zero-order valence-corrected chi connectivity index (χ0v) is 18.6. The summed E-state index contributed by atoms with van der Waals surface area (Å²) in [6, 6.07) is 1.97. The van der Waals surface area contributed by atoms with E-state index in [9.17, 15) is 18.4 Å². The zero-order chi connectivity index (χ0) is 22.2. The van der Waals surface area contributed by atoms with Gasteiger partial charge < -0.3 is 20.3 Å². The molecule has 12 heteroatoms. The van der Waals surface area contributed by atoms with Crippen LogP contribution in [0.4, 0.5) is 19.0 Å². The van der Waals surface area contributed by atoms with E-state index in [0.29, 0.717) is 23.2 Å². The minimum atomic E-state index is -2.82. The lowest BCUT2D eigenvalue weighted by molar-refractivity contribution is -0.139. The normalized spacial score (nSPS) is 15.9. The van der Waals surface area contributed by atoms with Crippen LogP contribution in [-0.2, 0) is 14.3 Å². The number of ether oxygens (including phenoxy) is 1. The number of fused-ring (bicyclic) bond motifs is 2. The van der Waals surface area contributed by atoms with Crippen molar-refractivity contribution in [2.75, 3.05) is 43.9 Å². The van der Waals surface area contributed by atoms with E-state index in [4.69, 9.17) is 0 Å². The summed E-state index contributed by atoms with van der Waals surface area (Å²) in [6.45, 7) is 1.69. The van der Waals surface area contributed by atoms with Crippen molar-refractivity contribution in [2.24, 2.45) is 0 Å². The molecule has 0 aliphatic carbocycles. The van der Waals surface area contributed by atoms with Gasteiger partial charge in [0.1, 0.15) is 6.54 Å². The number of likely N-dealkylation sites (tertiary alicyclic amines) is 1. The smallest absolute Gasteiger partial charge is 0.325 e. The number of halogens is 2. The van der Waals surface area contributed by atoms with Gasteiger partial charge in [0.2, 0.25) is 5.91 Å². The molecule has 0 saturated carbocycles. The summed E-state index contributed by atoms with van der Waals surface area (Å²) < 4.78 is 33.6. The van der Waals surface area contributed by atoms with Crippen molar-refractivity contribution in [3.05, 3.63) is 11.6 Å². The summed E-state index contributed by atoms with van der Waals surface area (Å²) >= 11 is 2.81. The van der Waals surface area contributed by atoms with Gasteiger partial charge in [0.05, 0.1) is 40.6 Å². The number of aromatic nitrogens is 2. The highest BCUT2D eigenvalue weighted by Gasteiger charge is 2.36. The lowest BCUT2D eigenvalue weighted by atomic mass is 10.1. The summed E-state index contributed by atoms with van der Waals surface area (Å²) in [5.41, 5.74) is 2.44. The number of hydrogen-bond acceptors (Lipinski definition) is 9. The largest absolute Gasteiger partial charge is 0.468 e. The van der Waals surface area contributed by atoms with E-state index >= 15 is 0 Å². The molecule has 166 valence electrons. The monoisotopic (exact) mass is 469 g/mol. The molecule has 2 aromatic heterocycles. The van der Waals surface area contributed by atoms with Gasteiger partial charge in [-0.25, -0.2) is 18.7 Å². The van der Waals surface area contributed by atoms with E-state index in [2.05, 4.69) is 25.3 Å². The van der Waals surface area contributed by atoms with Gasteiger partial charge in [0.15, 0.2) is 10.3 Å². The molecule has 0 radical (unpaired) electrons. The maximum atomic E-state index is 13.5. The second-order valence-electron chi connectivity index (χ2n) is 7.29. The SMILES string of the molecule is COC(=O)CNc1nc2c(C)c3nc(NCC(=O)N4CCCC(F)(F)C4)sc3cc2s1. The Morgan fingerprint density at radius 2 is 1.77 bits per heavy atom. The van der Waals surface area contributed by atoms with Crippen LogP contribution in [0, 0.1) is 6.92 Å². The molecule has 1 saturated heterocycles. The quantitative estimate of drug-likeness (QED) is 0.534. The summed E-state index contributed by atoms with van der Waals surface area (Å²) in [5, 5.41) is 7.09. The molecule has 0 unspecified atom stereocenters. The lowest BCUT2D eigenvalue weighted by Gasteiger charge is -2.32. The van der Waals surface area contributed by atoms with Gasteiger partial charge in [-0.3, -0.25) is 9.59 Å². The van der Waals surface area contributed by atoms with Crippen LogP contribution in [0.1, 0.15) is 18.4 Å². The number of nitrogens with zero attached hydrogens (tertiary/aromatic N) is 3. The van der Waals surface area contributed by atoms with E-state index < -0.39 is 12.5 Å². The van der Waals surface area contributed by atoms with Crippen LogP contribution >= 0.6 is 22.7 Å². The number of aryl methyl sites for hydroxylation is 1. The average Bonchev–Trinajstić information content (AvgIpc) is 3.33. The molecule has 1 aromatic carbocycles. The molecule has 1 aliphatic rings. The molecule has 31 heavy (non-hydrogen) atoms. The predicted molar refractivity (Wildman–Crippen MR) is 117 cm³/mol. The van der Waals surface area contributed by atoms with Gasteiger partial charge in [-0.15, -0.1) is 0 Å². The molecule has 2 N–H and O–H groups in total. The summed E-state index contributed by atoms with van der Waals surface area (Å²) in [6.07, 6.45) is 0.131. The molecule has 0 bridgehead atoms. The maximum Gasteiger partial charge on any atom is 0.325 e. The molecule has 0 atom stereocenters. The first-order valence-corrected chi connectivity index (χ1v) is 11.3. The molecular formula is C19H21F2N5O3S2. The number of amides is 1. The lowest BCUT2D eigenvalue weighted by Crippen LogP contribution is -2.47.